The molecule has 2 N–H and O–H groups in total. The van der Waals surface area contributed by atoms with Crippen molar-refractivity contribution >= 4 is 40.0 Å². The fraction of sp³-hybridized carbons (Fsp3) is 0.556. The van der Waals surface area contributed by atoms with Crippen LogP contribution in [0.1, 0.15) is 19.8 Å². The quantitative estimate of drug-likeness (QED) is 0.637. The zero-order chi connectivity index (χ0) is 11.3. The largest absolute Gasteiger partial charge is 0.367 e. The fourth-order valence-corrected chi connectivity index (χ4v) is 1.78. The number of aromatic nitrogens is 2. The van der Waals surface area contributed by atoms with Crippen LogP contribution in [0.15, 0.2) is 11.1 Å². The van der Waals surface area contributed by atoms with Crippen LogP contribution in [-0.2, 0) is 0 Å². The summed E-state index contributed by atoms with van der Waals surface area (Å²) in [4.78, 5) is 17.9. The maximum Gasteiger partial charge on any atom is 0.266 e. The normalized spacial score (nSPS) is 12.5. The molecule has 6 heteroatoms. The van der Waals surface area contributed by atoms with Gasteiger partial charge in [0.05, 0.1) is 6.33 Å². The highest BCUT2D eigenvalue weighted by atomic mass is 127. The summed E-state index contributed by atoms with van der Waals surface area (Å²) in [5, 5.41) is 3.19. The molecule has 1 heterocycles. The molecule has 1 aromatic heterocycles. The van der Waals surface area contributed by atoms with Crippen molar-refractivity contribution in [3.63, 3.8) is 0 Å². The van der Waals surface area contributed by atoms with Crippen LogP contribution in [0, 0.1) is 3.57 Å². The summed E-state index contributed by atoms with van der Waals surface area (Å²) in [6.45, 7) is 2.05. The van der Waals surface area contributed by atoms with Gasteiger partial charge in [-0.05, 0) is 42.4 Å². The van der Waals surface area contributed by atoms with Crippen molar-refractivity contribution in [3.05, 3.63) is 20.3 Å². The molecule has 0 aromatic carbocycles. The summed E-state index contributed by atoms with van der Waals surface area (Å²) in [5.74, 6) is 1.30. The first kappa shape index (κ1) is 12.8. The minimum absolute atomic E-state index is 0.113. The molecule has 1 rings (SSSR count). The van der Waals surface area contributed by atoms with Crippen molar-refractivity contribution in [1.82, 2.24) is 9.97 Å². The van der Waals surface area contributed by atoms with E-state index in [-0.39, 0.29) is 11.6 Å². The summed E-state index contributed by atoms with van der Waals surface area (Å²) in [6.07, 6.45) is 3.32. The number of halogens is 2. The Morgan fingerprint density at radius 3 is 3.13 bits per heavy atom. The molecule has 0 aliphatic heterocycles. The lowest BCUT2D eigenvalue weighted by Crippen LogP contribution is -2.21. The van der Waals surface area contributed by atoms with Gasteiger partial charge in [-0.25, -0.2) is 4.98 Å². The van der Waals surface area contributed by atoms with Crippen LogP contribution in [0.3, 0.4) is 0 Å². The average molecular weight is 342 g/mol. The van der Waals surface area contributed by atoms with Crippen LogP contribution < -0.4 is 10.9 Å². The van der Waals surface area contributed by atoms with Crippen LogP contribution in [-0.4, -0.2) is 21.9 Å². The summed E-state index contributed by atoms with van der Waals surface area (Å²) < 4.78 is 0.591. The Morgan fingerprint density at radius 1 is 1.73 bits per heavy atom. The van der Waals surface area contributed by atoms with Crippen molar-refractivity contribution in [1.29, 1.82) is 0 Å². The maximum atomic E-state index is 11.3. The number of alkyl halides is 1. The van der Waals surface area contributed by atoms with E-state index in [4.69, 9.17) is 11.6 Å². The van der Waals surface area contributed by atoms with Gasteiger partial charge in [-0.3, -0.25) is 4.79 Å². The van der Waals surface area contributed by atoms with Gasteiger partial charge in [0.1, 0.15) is 9.39 Å². The third-order valence-electron chi connectivity index (χ3n) is 1.95. The lowest BCUT2D eigenvalue weighted by Gasteiger charge is -2.14. The van der Waals surface area contributed by atoms with Gasteiger partial charge in [-0.1, -0.05) is 0 Å². The number of nitrogens with one attached hydrogen (secondary N) is 2. The molecule has 1 aromatic rings. The monoisotopic (exact) mass is 341 g/mol. The van der Waals surface area contributed by atoms with E-state index in [0.717, 1.165) is 12.8 Å². The third-order valence-corrected chi connectivity index (χ3v) is 3.22. The van der Waals surface area contributed by atoms with Gasteiger partial charge in [-0.15, -0.1) is 11.6 Å². The zero-order valence-corrected chi connectivity index (χ0v) is 11.3. The van der Waals surface area contributed by atoms with E-state index < -0.39 is 0 Å². The molecule has 1 atom stereocenters. The second-order valence-corrected chi connectivity index (χ2v) is 4.73. The molecule has 0 saturated heterocycles. The van der Waals surface area contributed by atoms with Crippen LogP contribution in [0.5, 0.6) is 0 Å². The number of hydrogen-bond donors (Lipinski definition) is 2. The topological polar surface area (TPSA) is 57.8 Å². The Labute approximate surface area is 107 Å². The van der Waals surface area contributed by atoms with Gasteiger partial charge in [0, 0.05) is 11.9 Å². The van der Waals surface area contributed by atoms with E-state index in [9.17, 15) is 4.79 Å². The molecule has 0 amide bonds. The highest BCUT2D eigenvalue weighted by Gasteiger charge is 2.08. The minimum atomic E-state index is -0.113. The molecule has 0 radical (unpaired) electrons. The molecule has 15 heavy (non-hydrogen) atoms. The first-order chi connectivity index (χ1) is 7.15. The van der Waals surface area contributed by atoms with E-state index >= 15 is 0 Å². The second-order valence-electron chi connectivity index (χ2n) is 3.27. The van der Waals surface area contributed by atoms with E-state index in [1.807, 2.05) is 29.5 Å². The minimum Gasteiger partial charge on any atom is -0.367 e. The number of aromatic amines is 1. The standard InChI is InChI=1S/C9H13ClIN3O/c1-6(3-2-4-10)14-8-7(11)9(15)13-5-12-8/h5-6H,2-4H2,1H3,(H2,12,13,14,15). The zero-order valence-electron chi connectivity index (χ0n) is 8.39. The Balaban J connectivity index is 2.64. The van der Waals surface area contributed by atoms with Crippen molar-refractivity contribution < 1.29 is 0 Å². The van der Waals surface area contributed by atoms with Gasteiger partial charge in [-0.2, -0.15) is 0 Å². The van der Waals surface area contributed by atoms with Gasteiger partial charge in [0.25, 0.3) is 5.56 Å². The number of H-pyrrole nitrogens is 1. The van der Waals surface area contributed by atoms with Crippen LogP contribution >= 0.6 is 34.2 Å². The highest BCUT2D eigenvalue weighted by molar-refractivity contribution is 14.1. The molecule has 0 spiro atoms. The maximum absolute atomic E-state index is 11.3. The summed E-state index contributed by atoms with van der Waals surface area (Å²) >= 11 is 7.59. The lowest BCUT2D eigenvalue weighted by molar-refractivity contribution is 0.689. The van der Waals surface area contributed by atoms with E-state index in [2.05, 4.69) is 15.3 Å². The van der Waals surface area contributed by atoms with E-state index in [0.29, 0.717) is 15.3 Å². The molecular weight excluding hydrogens is 328 g/mol. The van der Waals surface area contributed by atoms with Crippen LogP contribution in [0.2, 0.25) is 0 Å². The molecule has 84 valence electrons. The smallest absolute Gasteiger partial charge is 0.266 e. The Kier molecular flexibility index (Phi) is 5.38. The fourth-order valence-electron chi connectivity index (χ4n) is 1.17. The number of hydrogen-bond acceptors (Lipinski definition) is 3. The number of anilines is 1. The van der Waals surface area contributed by atoms with Crippen molar-refractivity contribution in [2.75, 3.05) is 11.2 Å². The first-order valence-electron chi connectivity index (χ1n) is 4.71. The SMILES string of the molecule is CC(CCCCl)Nc1nc[nH]c(=O)c1I. The molecule has 0 aliphatic carbocycles. The summed E-state index contributed by atoms with van der Waals surface area (Å²) in [5.41, 5.74) is -0.113. The van der Waals surface area contributed by atoms with Gasteiger partial charge < -0.3 is 10.3 Å². The molecule has 0 bridgehead atoms. The molecule has 1 unspecified atom stereocenters. The Bertz CT molecular complexity index is 369. The summed E-state index contributed by atoms with van der Waals surface area (Å²) in [6, 6.07) is 0.270. The van der Waals surface area contributed by atoms with E-state index in [1.54, 1.807) is 0 Å². The van der Waals surface area contributed by atoms with E-state index in [1.165, 1.54) is 6.33 Å². The predicted octanol–water partition coefficient (Wildman–Crippen LogP) is 2.19. The lowest BCUT2D eigenvalue weighted by atomic mass is 10.2. The second kappa shape index (κ2) is 6.32. The molecule has 0 saturated carbocycles. The Morgan fingerprint density at radius 2 is 2.47 bits per heavy atom. The first-order valence-corrected chi connectivity index (χ1v) is 6.32. The van der Waals surface area contributed by atoms with Crippen molar-refractivity contribution in [2.45, 2.75) is 25.8 Å². The molecular formula is C9H13ClIN3O. The summed E-state index contributed by atoms with van der Waals surface area (Å²) in [7, 11) is 0. The van der Waals surface area contributed by atoms with Crippen molar-refractivity contribution in [3.8, 4) is 0 Å². The predicted molar refractivity (Wildman–Crippen MR) is 70.6 cm³/mol. The molecule has 0 fully saturated rings. The van der Waals surface area contributed by atoms with Gasteiger partial charge in [0.15, 0.2) is 0 Å². The van der Waals surface area contributed by atoms with Crippen LogP contribution in [0.4, 0.5) is 5.82 Å². The average Bonchev–Trinajstić information content (AvgIpc) is 2.22. The Hall–Kier alpha value is -0.300. The highest BCUT2D eigenvalue weighted by Crippen LogP contribution is 2.12. The number of nitrogens with zero attached hydrogens (tertiary/aromatic N) is 1. The molecule has 4 nitrogen and oxygen atoms in total. The molecule has 0 aliphatic rings. The van der Waals surface area contributed by atoms with Crippen molar-refractivity contribution in [2.24, 2.45) is 0 Å². The van der Waals surface area contributed by atoms with Gasteiger partial charge >= 0.3 is 0 Å². The van der Waals surface area contributed by atoms with Gasteiger partial charge in [0.2, 0.25) is 0 Å². The van der Waals surface area contributed by atoms with Crippen LogP contribution in [0.25, 0.3) is 0 Å². The number of rotatable bonds is 5. The third kappa shape index (κ3) is 3.98.